The molecule has 2 N–H and O–H groups in total. The Morgan fingerprint density at radius 3 is 2.36 bits per heavy atom. The highest BCUT2D eigenvalue weighted by atomic mass is 35.5. The Labute approximate surface area is 152 Å². The SMILES string of the molecule is Cc1ccc(CNC(=O)C2(C(=O)Nc3cccc(Cl)c3C)CC2)cc1. The molecule has 0 saturated heterocycles. The molecule has 2 aromatic carbocycles. The van der Waals surface area contributed by atoms with Crippen LogP contribution in [0.3, 0.4) is 0 Å². The van der Waals surface area contributed by atoms with Crippen molar-refractivity contribution in [3.05, 3.63) is 64.2 Å². The summed E-state index contributed by atoms with van der Waals surface area (Å²) < 4.78 is 0. The normalized spacial score (nSPS) is 14.7. The van der Waals surface area contributed by atoms with E-state index in [0.29, 0.717) is 30.1 Å². The van der Waals surface area contributed by atoms with Gasteiger partial charge in [-0.1, -0.05) is 47.5 Å². The van der Waals surface area contributed by atoms with E-state index in [2.05, 4.69) is 10.6 Å². The number of anilines is 1. The molecule has 0 atom stereocenters. The standard InChI is InChI=1S/C20H21ClN2O2/c1-13-6-8-15(9-7-13)12-22-18(24)20(10-11-20)19(25)23-17-5-3-4-16(21)14(17)2/h3-9H,10-12H2,1-2H3,(H,22,24)(H,23,25). The van der Waals surface area contributed by atoms with Gasteiger partial charge in [-0.3, -0.25) is 9.59 Å². The first kappa shape index (κ1) is 17.5. The summed E-state index contributed by atoms with van der Waals surface area (Å²) in [4.78, 5) is 25.2. The molecule has 25 heavy (non-hydrogen) atoms. The van der Waals surface area contributed by atoms with Crippen molar-refractivity contribution in [1.82, 2.24) is 5.32 Å². The van der Waals surface area contributed by atoms with E-state index in [1.807, 2.05) is 38.1 Å². The maximum atomic E-state index is 12.6. The summed E-state index contributed by atoms with van der Waals surface area (Å²) in [7, 11) is 0. The van der Waals surface area contributed by atoms with Crippen LogP contribution in [0.15, 0.2) is 42.5 Å². The molecule has 2 amide bonds. The minimum atomic E-state index is -0.959. The predicted molar refractivity (Wildman–Crippen MR) is 99.5 cm³/mol. The number of carbonyl (C=O) groups excluding carboxylic acids is 2. The molecule has 1 saturated carbocycles. The van der Waals surface area contributed by atoms with Gasteiger partial charge in [-0.05, 0) is 49.9 Å². The molecule has 0 bridgehead atoms. The van der Waals surface area contributed by atoms with Crippen molar-refractivity contribution < 1.29 is 9.59 Å². The fourth-order valence-corrected chi connectivity index (χ4v) is 2.90. The van der Waals surface area contributed by atoms with Gasteiger partial charge in [0.15, 0.2) is 0 Å². The third-order valence-corrected chi connectivity index (χ3v) is 5.12. The maximum absolute atomic E-state index is 12.6. The van der Waals surface area contributed by atoms with Gasteiger partial charge in [0.25, 0.3) is 0 Å². The van der Waals surface area contributed by atoms with Gasteiger partial charge < -0.3 is 10.6 Å². The highest BCUT2D eigenvalue weighted by molar-refractivity contribution is 6.31. The molecule has 2 aromatic rings. The van der Waals surface area contributed by atoms with Crippen molar-refractivity contribution in [2.75, 3.05) is 5.32 Å². The van der Waals surface area contributed by atoms with E-state index in [0.717, 1.165) is 11.1 Å². The van der Waals surface area contributed by atoms with Gasteiger partial charge in [-0.2, -0.15) is 0 Å². The quantitative estimate of drug-likeness (QED) is 0.796. The van der Waals surface area contributed by atoms with Crippen molar-refractivity contribution in [2.24, 2.45) is 5.41 Å². The van der Waals surface area contributed by atoms with Gasteiger partial charge in [0.05, 0.1) is 0 Å². The van der Waals surface area contributed by atoms with E-state index < -0.39 is 5.41 Å². The third kappa shape index (κ3) is 3.69. The minimum Gasteiger partial charge on any atom is -0.351 e. The Balaban J connectivity index is 1.64. The van der Waals surface area contributed by atoms with E-state index in [4.69, 9.17) is 11.6 Å². The van der Waals surface area contributed by atoms with Crippen LogP contribution in [0, 0.1) is 19.3 Å². The lowest BCUT2D eigenvalue weighted by molar-refractivity contribution is -0.134. The van der Waals surface area contributed by atoms with Gasteiger partial charge >= 0.3 is 0 Å². The first-order chi connectivity index (χ1) is 11.9. The van der Waals surface area contributed by atoms with Crippen LogP contribution >= 0.6 is 11.6 Å². The predicted octanol–water partition coefficient (Wildman–Crippen LogP) is 3.99. The second-order valence-corrected chi connectivity index (χ2v) is 7.02. The molecule has 0 aromatic heterocycles. The van der Waals surface area contributed by atoms with E-state index >= 15 is 0 Å². The molecule has 0 spiro atoms. The lowest BCUT2D eigenvalue weighted by atomic mass is 10.0. The van der Waals surface area contributed by atoms with E-state index in [-0.39, 0.29) is 11.8 Å². The van der Waals surface area contributed by atoms with Gasteiger partial charge in [-0.25, -0.2) is 0 Å². The van der Waals surface area contributed by atoms with E-state index in [1.54, 1.807) is 18.2 Å². The van der Waals surface area contributed by atoms with Crippen LogP contribution in [0.5, 0.6) is 0 Å². The molecule has 5 heteroatoms. The summed E-state index contributed by atoms with van der Waals surface area (Å²) in [6.45, 7) is 4.28. The summed E-state index contributed by atoms with van der Waals surface area (Å²) in [5.41, 5.74) is 2.67. The first-order valence-electron chi connectivity index (χ1n) is 8.33. The Bertz CT molecular complexity index is 811. The largest absolute Gasteiger partial charge is 0.351 e. The van der Waals surface area contributed by atoms with Crippen LogP contribution in [0.4, 0.5) is 5.69 Å². The summed E-state index contributed by atoms with van der Waals surface area (Å²) in [5.74, 6) is -0.482. The van der Waals surface area contributed by atoms with Crippen LogP contribution in [-0.4, -0.2) is 11.8 Å². The molecule has 130 valence electrons. The number of halogens is 1. The summed E-state index contributed by atoms with van der Waals surface area (Å²) in [6, 6.07) is 13.3. The van der Waals surface area contributed by atoms with Crippen LogP contribution in [0.2, 0.25) is 5.02 Å². The molecule has 0 aliphatic heterocycles. The highest BCUT2D eigenvalue weighted by Gasteiger charge is 2.56. The molecule has 0 heterocycles. The zero-order valence-corrected chi connectivity index (χ0v) is 15.1. The van der Waals surface area contributed by atoms with Crippen LogP contribution < -0.4 is 10.6 Å². The second-order valence-electron chi connectivity index (χ2n) is 6.62. The second kappa shape index (κ2) is 6.89. The van der Waals surface area contributed by atoms with Crippen molar-refractivity contribution in [3.8, 4) is 0 Å². The van der Waals surface area contributed by atoms with E-state index in [1.165, 1.54) is 5.56 Å². The number of rotatable bonds is 5. The molecule has 0 radical (unpaired) electrons. The summed E-state index contributed by atoms with van der Waals surface area (Å²) in [6.07, 6.45) is 1.14. The molecule has 1 aliphatic rings. The van der Waals surface area contributed by atoms with Crippen molar-refractivity contribution in [2.45, 2.75) is 33.2 Å². The third-order valence-electron chi connectivity index (χ3n) is 4.71. The smallest absolute Gasteiger partial charge is 0.240 e. The fraction of sp³-hybridized carbons (Fsp3) is 0.300. The Morgan fingerprint density at radius 1 is 1.04 bits per heavy atom. The lowest BCUT2D eigenvalue weighted by Gasteiger charge is -2.17. The molecule has 4 nitrogen and oxygen atoms in total. The highest BCUT2D eigenvalue weighted by Crippen LogP contribution is 2.47. The fourth-order valence-electron chi connectivity index (χ4n) is 2.72. The van der Waals surface area contributed by atoms with Crippen molar-refractivity contribution in [1.29, 1.82) is 0 Å². The average Bonchev–Trinajstić information content (AvgIpc) is 3.40. The topological polar surface area (TPSA) is 58.2 Å². The average molecular weight is 357 g/mol. The summed E-state index contributed by atoms with van der Waals surface area (Å²) >= 11 is 6.09. The number of amides is 2. The number of benzene rings is 2. The number of hydrogen-bond acceptors (Lipinski definition) is 2. The molecular weight excluding hydrogens is 336 g/mol. The number of hydrogen-bond donors (Lipinski definition) is 2. The van der Waals surface area contributed by atoms with Gasteiger partial charge in [0.2, 0.25) is 11.8 Å². The maximum Gasteiger partial charge on any atom is 0.240 e. The minimum absolute atomic E-state index is 0.217. The molecular formula is C20H21ClN2O2. The monoisotopic (exact) mass is 356 g/mol. The molecule has 1 aliphatic carbocycles. The number of carbonyl (C=O) groups is 2. The summed E-state index contributed by atoms with van der Waals surface area (Å²) in [5, 5.41) is 6.33. The van der Waals surface area contributed by atoms with Crippen molar-refractivity contribution >= 4 is 29.1 Å². The van der Waals surface area contributed by atoms with Crippen LogP contribution in [-0.2, 0) is 16.1 Å². The molecule has 0 unspecified atom stereocenters. The Kier molecular flexibility index (Phi) is 4.82. The Morgan fingerprint density at radius 2 is 1.72 bits per heavy atom. The van der Waals surface area contributed by atoms with Crippen molar-refractivity contribution in [3.63, 3.8) is 0 Å². The Hall–Kier alpha value is -2.33. The van der Waals surface area contributed by atoms with Crippen LogP contribution in [0.1, 0.15) is 29.5 Å². The van der Waals surface area contributed by atoms with E-state index in [9.17, 15) is 9.59 Å². The zero-order chi connectivity index (χ0) is 18.0. The number of nitrogens with one attached hydrogen (secondary N) is 2. The van der Waals surface area contributed by atoms with Gasteiger partial charge in [0.1, 0.15) is 5.41 Å². The molecule has 3 rings (SSSR count). The van der Waals surface area contributed by atoms with Gasteiger partial charge in [0, 0.05) is 17.3 Å². The first-order valence-corrected chi connectivity index (χ1v) is 8.70. The van der Waals surface area contributed by atoms with Crippen LogP contribution in [0.25, 0.3) is 0 Å². The van der Waals surface area contributed by atoms with Gasteiger partial charge in [-0.15, -0.1) is 0 Å². The number of aryl methyl sites for hydroxylation is 1. The lowest BCUT2D eigenvalue weighted by Crippen LogP contribution is -2.39. The zero-order valence-electron chi connectivity index (χ0n) is 14.4. The molecule has 1 fully saturated rings.